The molecular formula is C25H18N3O3-. The first-order chi connectivity index (χ1) is 15.1. The Kier molecular flexibility index (Phi) is 5.71. The van der Waals surface area contributed by atoms with Gasteiger partial charge in [-0.1, -0.05) is 66.7 Å². The summed E-state index contributed by atoms with van der Waals surface area (Å²) in [5.74, 6) is -2.02. The smallest absolute Gasteiger partial charge is 0.255 e. The molecule has 0 radical (unpaired) electrons. The number of rotatable bonds is 6. The van der Waals surface area contributed by atoms with E-state index in [1.54, 1.807) is 41.2 Å². The summed E-state index contributed by atoms with van der Waals surface area (Å²) >= 11 is 0. The number of nitrogens with one attached hydrogen (secondary N) is 1. The van der Waals surface area contributed by atoms with Crippen LogP contribution < -0.4 is 10.4 Å². The van der Waals surface area contributed by atoms with Crippen LogP contribution in [0.15, 0.2) is 103 Å². The first-order valence-corrected chi connectivity index (χ1v) is 9.62. The molecule has 31 heavy (non-hydrogen) atoms. The molecule has 4 aromatic rings. The van der Waals surface area contributed by atoms with Gasteiger partial charge in [0.15, 0.2) is 0 Å². The molecule has 3 aromatic carbocycles. The average molecular weight is 408 g/mol. The summed E-state index contributed by atoms with van der Waals surface area (Å²) in [7, 11) is 0. The Hall–Kier alpha value is -4.45. The van der Waals surface area contributed by atoms with E-state index in [-0.39, 0.29) is 5.70 Å². The number of nitrogens with zero attached hydrogens (tertiary/aromatic N) is 2. The quantitative estimate of drug-likeness (QED) is 0.497. The lowest BCUT2D eigenvalue weighted by atomic mass is 10.1. The van der Waals surface area contributed by atoms with Crippen molar-refractivity contribution in [3.05, 3.63) is 114 Å². The molecule has 152 valence electrons. The summed E-state index contributed by atoms with van der Waals surface area (Å²) in [6.07, 6.45) is 3.08. The number of carbonyl (C=O) groups is 2. The van der Waals surface area contributed by atoms with Crippen LogP contribution in [0, 0.1) is 0 Å². The maximum absolute atomic E-state index is 12.5. The monoisotopic (exact) mass is 408 g/mol. The molecule has 0 fully saturated rings. The highest BCUT2D eigenvalue weighted by Crippen LogP contribution is 2.25. The van der Waals surface area contributed by atoms with Gasteiger partial charge in [-0.2, -0.15) is 5.10 Å². The van der Waals surface area contributed by atoms with Crippen molar-refractivity contribution in [1.29, 1.82) is 0 Å². The fourth-order valence-corrected chi connectivity index (χ4v) is 3.11. The number of carbonyl (C=O) groups excluding carboxylic acids is 2. The molecule has 1 aromatic heterocycles. The Morgan fingerprint density at radius 2 is 1.42 bits per heavy atom. The third-order valence-electron chi connectivity index (χ3n) is 4.61. The zero-order valence-corrected chi connectivity index (χ0v) is 16.4. The van der Waals surface area contributed by atoms with Gasteiger partial charge >= 0.3 is 0 Å². The Bertz CT molecular complexity index is 1230. The molecule has 6 nitrogen and oxygen atoms in total. The van der Waals surface area contributed by atoms with E-state index in [2.05, 4.69) is 10.4 Å². The summed E-state index contributed by atoms with van der Waals surface area (Å²) in [6.45, 7) is 0. The van der Waals surface area contributed by atoms with Crippen molar-refractivity contribution in [3.8, 4) is 16.9 Å². The minimum Gasteiger partial charge on any atom is -0.543 e. The van der Waals surface area contributed by atoms with Gasteiger partial charge in [0.25, 0.3) is 5.91 Å². The lowest BCUT2D eigenvalue weighted by molar-refractivity contribution is -0.299. The standard InChI is InChI=1S/C25H19N3O3/c29-24(19-12-6-2-7-13-19)26-22(25(30)31)16-20-17-28(21-14-8-3-9-15-21)27-23(20)18-10-4-1-5-11-18/h1-17H,(H,26,29)(H,30,31)/p-1/b22-16+. The Balaban J connectivity index is 1.77. The molecular weight excluding hydrogens is 390 g/mol. The van der Waals surface area contributed by atoms with E-state index in [9.17, 15) is 14.7 Å². The van der Waals surface area contributed by atoms with E-state index < -0.39 is 11.9 Å². The van der Waals surface area contributed by atoms with Crippen molar-refractivity contribution >= 4 is 18.0 Å². The van der Waals surface area contributed by atoms with Crippen molar-refractivity contribution in [3.63, 3.8) is 0 Å². The highest BCUT2D eigenvalue weighted by atomic mass is 16.4. The molecule has 0 aliphatic rings. The lowest BCUT2D eigenvalue weighted by Gasteiger charge is -2.11. The Labute approximate surface area is 179 Å². The van der Waals surface area contributed by atoms with Crippen LogP contribution >= 0.6 is 0 Å². The fraction of sp³-hybridized carbons (Fsp3) is 0. The van der Waals surface area contributed by atoms with Gasteiger partial charge in [0, 0.05) is 22.9 Å². The van der Waals surface area contributed by atoms with E-state index in [1.807, 2.05) is 60.7 Å². The Morgan fingerprint density at radius 3 is 2.03 bits per heavy atom. The number of para-hydroxylation sites is 1. The summed E-state index contributed by atoms with van der Waals surface area (Å²) in [5.41, 5.74) is 2.74. The van der Waals surface area contributed by atoms with Crippen LogP contribution in [0.2, 0.25) is 0 Å². The molecule has 0 spiro atoms. The average Bonchev–Trinajstić information content (AvgIpc) is 3.24. The summed E-state index contributed by atoms with van der Waals surface area (Å²) in [4.78, 5) is 24.2. The Morgan fingerprint density at radius 1 is 0.839 bits per heavy atom. The number of amides is 1. The molecule has 0 aliphatic carbocycles. The van der Waals surface area contributed by atoms with Crippen LogP contribution in [0.3, 0.4) is 0 Å². The van der Waals surface area contributed by atoms with Crippen LogP contribution in [-0.2, 0) is 4.79 Å². The second kappa shape index (κ2) is 8.92. The zero-order valence-electron chi connectivity index (χ0n) is 16.4. The van der Waals surface area contributed by atoms with Gasteiger partial charge in [-0.05, 0) is 30.3 Å². The highest BCUT2D eigenvalue weighted by molar-refractivity contribution is 6.02. The molecule has 1 N–H and O–H groups in total. The molecule has 1 amide bonds. The van der Waals surface area contributed by atoms with Gasteiger partial charge in [0.1, 0.15) is 5.69 Å². The van der Waals surface area contributed by atoms with Gasteiger partial charge in [-0.15, -0.1) is 0 Å². The minimum absolute atomic E-state index is 0.345. The first-order valence-electron chi connectivity index (χ1n) is 9.62. The number of benzene rings is 3. The molecule has 0 bridgehead atoms. The predicted molar refractivity (Wildman–Crippen MR) is 116 cm³/mol. The molecule has 6 heteroatoms. The first kappa shape index (κ1) is 19.8. The maximum atomic E-state index is 12.5. The molecule has 0 saturated carbocycles. The molecule has 0 saturated heterocycles. The fourth-order valence-electron chi connectivity index (χ4n) is 3.11. The second-order valence-corrected chi connectivity index (χ2v) is 6.74. The van der Waals surface area contributed by atoms with Gasteiger partial charge in [0.2, 0.25) is 0 Å². The van der Waals surface area contributed by atoms with Crippen molar-refractivity contribution < 1.29 is 14.7 Å². The van der Waals surface area contributed by atoms with Crippen molar-refractivity contribution in [2.24, 2.45) is 0 Å². The van der Waals surface area contributed by atoms with Crippen LogP contribution in [0.1, 0.15) is 15.9 Å². The minimum atomic E-state index is -1.49. The van der Waals surface area contributed by atoms with Crippen LogP contribution in [0.25, 0.3) is 23.0 Å². The van der Waals surface area contributed by atoms with E-state index in [4.69, 9.17) is 0 Å². The zero-order chi connectivity index (χ0) is 21.6. The van der Waals surface area contributed by atoms with Crippen LogP contribution in [0.5, 0.6) is 0 Å². The third-order valence-corrected chi connectivity index (χ3v) is 4.61. The van der Waals surface area contributed by atoms with E-state index in [1.165, 1.54) is 6.08 Å². The molecule has 1 heterocycles. The number of hydrogen-bond donors (Lipinski definition) is 1. The van der Waals surface area contributed by atoms with Crippen molar-refractivity contribution in [2.45, 2.75) is 0 Å². The molecule has 4 rings (SSSR count). The largest absolute Gasteiger partial charge is 0.543 e. The molecule has 0 aliphatic heterocycles. The van der Waals surface area contributed by atoms with Gasteiger partial charge < -0.3 is 15.2 Å². The number of carboxylic acids is 1. The topological polar surface area (TPSA) is 87.0 Å². The second-order valence-electron chi connectivity index (χ2n) is 6.74. The normalized spacial score (nSPS) is 11.2. The maximum Gasteiger partial charge on any atom is 0.255 e. The number of aliphatic carboxylic acids is 1. The SMILES string of the molecule is O=C([O-])/C(=C\c1cn(-c2ccccc2)nc1-c1ccccc1)NC(=O)c1ccccc1. The van der Waals surface area contributed by atoms with Gasteiger partial charge in [0.05, 0.1) is 17.4 Å². The van der Waals surface area contributed by atoms with Crippen LogP contribution in [-0.4, -0.2) is 21.7 Å². The number of aromatic nitrogens is 2. The lowest BCUT2D eigenvalue weighted by Crippen LogP contribution is -2.35. The number of carboxylic acid groups (broad SMARTS) is 1. The van der Waals surface area contributed by atoms with Crippen LogP contribution in [0.4, 0.5) is 0 Å². The summed E-state index contributed by atoms with van der Waals surface area (Å²) in [6, 6.07) is 27.3. The summed E-state index contributed by atoms with van der Waals surface area (Å²) < 4.78 is 1.67. The van der Waals surface area contributed by atoms with E-state index in [0.717, 1.165) is 11.3 Å². The van der Waals surface area contributed by atoms with E-state index >= 15 is 0 Å². The molecule has 0 atom stereocenters. The third kappa shape index (κ3) is 4.59. The van der Waals surface area contributed by atoms with Gasteiger partial charge in [-0.3, -0.25) is 4.79 Å². The molecule has 0 unspecified atom stereocenters. The number of hydrogen-bond acceptors (Lipinski definition) is 4. The highest BCUT2D eigenvalue weighted by Gasteiger charge is 2.14. The van der Waals surface area contributed by atoms with E-state index in [0.29, 0.717) is 16.8 Å². The summed E-state index contributed by atoms with van der Waals surface area (Å²) in [5, 5.41) is 18.9. The van der Waals surface area contributed by atoms with Crippen molar-refractivity contribution in [2.75, 3.05) is 0 Å². The predicted octanol–water partition coefficient (Wildman–Crippen LogP) is 3.06. The van der Waals surface area contributed by atoms with Crippen molar-refractivity contribution in [1.82, 2.24) is 15.1 Å². The van der Waals surface area contributed by atoms with Gasteiger partial charge in [-0.25, -0.2) is 4.68 Å².